The average Bonchev–Trinajstić information content (AvgIpc) is 2.87. The first kappa shape index (κ1) is 15.5. The predicted octanol–water partition coefficient (Wildman–Crippen LogP) is 3.98. The molecule has 1 N–H and O–H groups in total. The lowest BCUT2D eigenvalue weighted by molar-refractivity contribution is -0.122. The molecule has 1 heterocycles. The summed E-state index contributed by atoms with van der Waals surface area (Å²) in [7, 11) is 0. The molecule has 0 aliphatic rings. The maximum absolute atomic E-state index is 12.1. The van der Waals surface area contributed by atoms with Crippen molar-refractivity contribution in [2.45, 2.75) is 39.7 Å². The van der Waals surface area contributed by atoms with E-state index in [2.05, 4.69) is 24.1 Å². The Kier molecular flexibility index (Phi) is 4.96. The average molecular weight is 304 g/mol. The summed E-state index contributed by atoms with van der Waals surface area (Å²) in [5, 5.41) is 5.37. The molecule has 2 rings (SSSR count). The fourth-order valence-corrected chi connectivity index (χ4v) is 2.64. The van der Waals surface area contributed by atoms with Crippen molar-refractivity contribution in [3.8, 4) is 5.75 Å². The van der Waals surface area contributed by atoms with Crippen molar-refractivity contribution in [2.75, 3.05) is 5.32 Å². The van der Waals surface area contributed by atoms with E-state index >= 15 is 0 Å². The predicted molar refractivity (Wildman–Crippen MR) is 86.1 cm³/mol. The number of aromatic nitrogens is 1. The second kappa shape index (κ2) is 6.72. The van der Waals surface area contributed by atoms with Crippen molar-refractivity contribution in [3.63, 3.8) is 0 Å². The fourth-order valence-electron chi connectivity index (χ4n) is 1.76. The van der Waals surface area contributed by atoms with Crippen molar-refractivity contribution < 1.29 is 9.53 Å². The normalized spacial score (nSPS) is 12.2. The smallest absolute Gasteiger partial charge is 0.266 e. The summed E-state index contributed by atoms with van der Waals surface area (Å²) in [4.78, 5) is 16.5. The molecule has 21 heavy (non-hydrogen) atoms. The Bertz CT molecular complexity index is 622. The van der Waals surface area contributed by atoms with Gasteiger partial charge in [0, 0.05) is 5.38 Å². The zero-order valence-corrected chi connectivity index (χ0v) is 13.5. The molecule has 0 aliphatic carbocycles. The van der Waals surface area contributed by atoms with Crippen LogP contribution in [-0.4, -0.2) is 17.0 Å². The van der Waals surface area contributed by atoms with Gasteiger partial charge in [0.2, 0.25) is 0 Å². The molecule has 1 aromatic carbocycles. The molecule has 1 atom stereocenters. The first-order valence-corrected chi connectivity index (χ1v) is 7.83. The maximum Gasteiger partial charge on any atom is 0.266 e. The summed E-state index contributed by atoms with van der Waals surface area (Å²) in [6.07, 6.45) is -0.571. The number of thiazole rings is 1. The minimum Gasteiger partial charge on any atom is -0.481 e. The monoisotopic (exact) mass is 304 g/mol. The van der Waals surface area contributed by atoms with Crippen LogP contribution in [0, 0.1) is 6.92 Å². The molecule has 0 spiro atoms. The Morgan fingerprint density at radius 2 is 2.10 bits per heavy atom. The third-order valence-corrected chi connectivity index (χ3v) is 3.79. The van der Waals surface area contributed by atoms with E-state index in [1.165, 1.54) is 11.3 Å². The molecule has 0 aliphatic heterocycles. The Labute approximate surface area is 129 Å². The van der Waals surface area contributed by atoms with Gasteiger partial charge in [0.05, 0.1) is 5.69 Å². The highest BCUT2D eigenvalue weighted by Gasteiger charge is 2.16. The van der Waals surface area contributed by atoms with Crippen LogP contribution in [0.5, 0.6) is 5.75 Å². The van der Waals surface area contributed by atoms with Crippen LogP contribution in [0.4, 0.5) is 5.13 Å². The summed E-state index contributed by atoms with van der Waals surface area (Å²) in [6, 6.07) is 7.65. The molecule has 5 heteroatoms. The molecule has 0 radical (unpaired) electrons. The highest BCUT2D eigenvalue weighted by molar-refractivity contribution is 7.13. The molecule has 112 valence electrons. The van der Waals surface area contributed by atoms with Gasteiger partial charge in [0.25, 0.3) is 5.91 Å². The number of aryl methyl sites for hydroxylation is 1. The second-order valence-corrected chi connectivity index (χ2v) is 6.16. The van der Waals surface area contributed by atoms with Crippen molar-refractivity contribution in [3.05, 3.63) is 40.9 Å². The number of nitrogens with zero attached hydrogens (tertiary/aromatic N) is 1. The number of nitrogens with one attached hydrogen (secondary N) is 1. The van der Waals surface area contributed by atoms with Crippen LogP contribution in [-0.2, 0) is 4.79 Å². The third kappa shape index (κ3) is 4.29. The number of amides is 1. The molecule has 2 aromatic rings. The van der Waals surface area contributed by atoms with Crippen LogP contribution in [0.1, 0.15) is 37.9 Å². The van der Waals surface area contributed by atoms with Crippen LogP contribution < -0.4 is 10.1 Å². The van der Waals surface area contributed by atoms with E-state index in [0.29, 0.717) is 16.8 Å². The molecule has 0 saturated carbocycles. The van der Waals surface area contributed by atoms with Crippen molar-refractivity contribution in [1.82, 2.24) is 4.98 Å². The molecular weight excluding hydrogens is 284 g/mol. The van der Waals surface area contributed by atoms with Gasteiger partial charge in [0.1, 0.15) is 5.75 Å². The van der Waals surface area contributed by atoms with Gasteiger partial charge in [0.15, 0.2) is 11.2 Å². The van der Waals surface area contributed by atoms with Crippen molar-refractivity contribution in [2.24, 2.45) is 0 Å². The van der Waals surface area contributed by atoms with E-state index in [-0.39, 0.29) is 5.91 Å². The Hall–Kier alpha value is -1.88. The number of rotatable bonds is 5. The van der Waals surface area contributed by atoms with E-state index in [1.807, 2.05) is 36.6 Å². The zero-order chi connectivity index (χ0) is 15.4. The number of carbonyl (C=O) groups excluding carboxylic acids is 1. The number of hydrogen-bond donors (Lipinski definition) is 1. The molecule has 4 nitrogen and oxygen atoms in total. The van der Waals surface area contributed by atoms with E-state index in [4.69, 9.17) is 4.74 Å². The summed E-state index contributed by atoms with van der Waals surface area (Å²) >= 11 is 1.43. The second-order valence-electron chi connectivity index (χ2n) is 5.30. The number of benzene rings is 1. The van der Waals surface area contributed by atoms with Crippen LogP contribution in [0.15, 0.2) is 29.6 Å². The quantitative estimate of drug-likeness (QED) is 0.909. The van der Waals surface area contributed by atoms with Crippen molar-refractivity contribution >= 4 is 22.4 Å². The van der Waals surface area contributed by atoms with E-state index in [0.717, 1.165) is 11.3 Å². The SMILES string of the molecule is Cc1cccc(O[C@H](C)C(=O)Nc2nc(C(C)C)cs2)c1. The zero-order valence-electron chi connectivity index (χ0n) is 12.7. The van der Waals surface area contributed by atoms with Gasteiger partial charge in [-0.1, -0.05) is 26.0 Å². The Balaban J connectivity index is 1.95. The summed E-state index contributed by atoms with van der Waals surface area (Å²) < 4.78 is 5.65. The summed E-state index contributed by atoms with van der Waals surface area (Å²) in [6.45, 7) is 7.86. The van der Waals surface area contributed by atoms with Crippen LogP contribution >= 0.6 is 11.3 Å². The number of ether oxygens (including phenoxy) is 1. The van der Waals surface area contributed by atoms with E-state index in [1.54, 1.807) is 6.92 Å². The lowest BCUT2D eigenvalue weighted by atomic mass is 10.2. The lowest BCUT2D eigenvalue weighted by Crippen LogP contribution is -2.30. The van der Waals surface area contributed by atoms with Gasteiger partial charge in [-0.05, 0) is 37.5 Å². The number of hydrogen-bond acceptors (Lipinski definition) is 4. The molecule has 0 unspecified atom stereocenters. The van der Waals surface area contributed by atoms with E-state index in [9.17, 15) is 4.79 Å². The van der Waals surface area contributed by atoms with E-state index < -0.39 is 6.10 Å². The molecule has 0 bridgehead atoms. The molecule has 1 amide bonds. The third-order valence-electron chi connectivity index (χ3n) is 3.02. The summed E-state index contributed by atoms with van der Waals surface area (Å²) in [5.74, 6) is 0.855. The Morgan fingerprint density at radius 3 is 2.71 bits per heavy atom. The largest absolute Gasteiger partial charge is 0.481 e. The first-order chi connectivity index (χ1) is 9.95. The van der Waals surface area contributed by atoms with Gasteiger partial charge >= 0.3 is 0 Å². The van der Waals surface area contributed by atoms with Gasteiger partial charge in [-0.25, -0.2) is 4.98 Å². The topological polar surface area (TPSA) is 51.2 Å². The van der Waals surface area contributed by atoms with Crippen molar-refractivity contribution in [1.29, 1.82) is 0 Å². The molecular formula is C16H20N2O2S. The van der Waals surface area contributed by atoms with Crippen LogP contribution in [0.25, 0.3) is 0 Å². The van der Waals surface area contributed by atoms with Crippen LogP contribution in [0.3, 0.4) is 0 Å². The van der Waals surface area contributed by atoms with Gasteiger partial charge in [-0.3, -0.25) is 10.1 Å². The fraction of sp³-hybridized carbons (Fsp3) is 0.375. The van der Waals surface area contributed by atoms with Crippen LogP contribution in [0.2, 0.25) is 0 Å². The lowest BCUT2D eigenvalue weighted by Gasteiger charge is -2.14. The maximum atomic E-state index is 12.1. The molecule has 0 saturated heterocycles. The number of anilines is 1. The standard InChI is InChI=1S/C16H20N2O2S/c1-10(2)14-9-21-16(17-14)18-15(19)12(4)20-13-7-5-6-11(3)8-13/h5-10,12H,1-4H3,(H,17,18,19)/t12-/m1/s1. The highest BCUT2D eigenvalue weighted by Crippen LogP contribution is 2.22. The highest BCUT2D eigenvalue weighted by atomic mass is 32.1. The first-order valence-electron chi connectivity index (χ1n) is 6.95. The minimum atomic E-state index is -0.571. The van der Waals surface area contributed by atoms with Gasteiger partial charge in [-0.2, -0.15) is 0 Å². The summed E-state index contributed by atoms with van der Waals surface area (Å²) in [5.41, 5.74) is 2.09. The van der Waals surface area contributed by atoms with Gasteiger partial charge in [-0.15, -0.1) is 11.3 Å². The minimum absolute atomic E-state index is 0.193. The Morgan fingerprint density at radius 1 is 1.33 bits per heavy atom. The molecule has 1 aromatic heterocycles. The number of carbonyl (C=O) groups is 1. The van der Waals surface area contributed by atoms with Gasteiger partial charge < -0.3 is 4.74 Å². The molecule has 0 fully saturated rings.